The summed E-state index contributed by atoms with van der Waals surface area (Å²) in [6.45, 7) is 5.48. The van der Waals surface area contributed by atoms with Crippen molar-refractivity contribution in [1.29, 1.82) is 0 Å². The van der Waals surface area contributed by atoms with Crippen molar-refractivity contribution in [3.63, 3.8) is 0 Å². The minimum Gasteiger partial charge on any atom is -0.393 e. The molecule has 2 heteroatoms. The molecule has 0 saturated heterocycles. The summed E-state index contributed by atoms with van der Waals surface area (Å²) in [5.74, 6) is 0.900. The van der Waals surface area contributed by atoms with Gasteiger partial charge in [-0.1, -0.05) is 26.7 Å². The Bertz CT molecular complexity index is 161. The molecule has 0 amide bonds. The van der Waals surface area contributed by atoms with E-state index in [1.165, 1.54) is 25.7 Å². The van der Waals surface area contributed by atoms with E-state index in [2.05, 4.69) is 12.2 Å². The maximum Gasteiger partial charge on any atom is 0.0538 e. The number of hydrogen-bond donors (Lipinski definition) is 2. The highest BCUT2D eigenvalue weighted by molar-refractivity contribution is 4.75. The molecule has 0 aromatic carbocycles. The predicted octanol–water partition coefficient (Wildman–Crippen LogP) is 2.71. The van der Waals surface area contributed by atoms with Crippen molar-refractivity contribution in [2.24, 2.45) is 5.92 Å². The highest BCUT2D eigenvalue weighted by atomic mass is 16.3. The molecule has 90 valence electrons. The van der Waals surface area contributed by atoms with E-state index in [1.54, 1.807) is 0 Å². The molecule has 0 aromatic rings. The minimum absolute atomic E-state index is 0.0860. The van der Waals surface area contributed by atoms with Crippen LogP contribution >= 0.6 is 0 Å². The van der Waals surface area contributed by atoms with Gasteiger partial charge in [-0.25, -0.2) is 0 Å². The molecule has 1 aliphatic rings. The van der Waals surface area contributed by atoms with Crippen LogP contribution in [0.1, 0.15) is 58.8 Å². The molecular formula is C13H27NO. The Hall–Kier alpha value is -0.0800. The highest BCUT2D eigenvalue weighted by Gasteiger charge is 2.17. The first-order valence-electron chi connectivity index (χ1n) is 6.63. The Morgan fingerprint density at radius 2 is 2.20 bits per heavy atom. The van der Waals surface area contributed by atoms with Crippen molar-refractivity contribution in [2.75, 3.05) is 6.54 Å². The van der Waals surface area contributed by atoms with Crippen molar-refractivity contribution in [3.8, 4) is 0 Å². The third-order valence-corrected chi connectivity index (χ3v) is 3.55. The average molecular weight is 213 g/mol. The highest BCUT2D eigenvalue weighted by Crippen LogP contribution is 2.23. The Kier molecular flexibility index (Phi) is 6.26. The number of rotatable bonds is 6. The molecule has 15 heavy (non-hydrogen) atoms. The van der Waals surface area contributed by atoms with Crippen molar-refractivity contribution in [3.05, 3.63) is 0 Å². The fourth-order valence-corrected chi connectivity index (χ4v) is 2.47. The zero-order valence-electron chi connectivity index (χ0n) is 10.3. The molecule has 3 atom stereocenters. The van der Waals surface area contributed by atoms with E-state index in [0.717, 1.165) is 37.8 Å². The van der Waals surface area contributed by atoms with Crippen LogP contribution in [-0.2, 0) is 0 Å². The van der Waals surface area contributed by atoms with Crippen LogP contribution in [-0.4, -0.2) is 23.8 Å². The van der Waals surface area contributed by atoms with Gasteiger partial charge >= 0.3 is 0 Å². The first-order chi connectivity index (χ1) is 7.22. The number of aliphatic hydroxyl groups excluding tert-OH is 1. The van der Waals surface area contributed by atoms with Crippen molar-refractivity contribution >= 4 is 0 Å². The first kappa shape index (κ1) is 13.0. The lowest BCUT2D eigenvalue weighted by atomic mass is 9.87. The topological polar surface area (TPSA) is 32.3 Å². The van der Waals surface area contributed by atoms with Gasteiger partial charge in [0.1, 0.15) is 0 Å². The zero-order valence-corrected chi connectivity index (χ0v) is 10.3. The third-order valence-electron chi connectivity index (χ3n) is 3.55. The van der Waals surface area contributed by atoms with Crippen LogP contribution < -0.4 is 5.32 Å². The predicted molar refractivity (Wildman–Crippen MR) is 65.0 cm³/mol. The largest absolute Gasteiger partial charge is 0.393 e. The van der Waals surface area contributed by atoms with Gasteiger partial charge in [0, 0.05) is 6.04 Å². The van der Waals surface area contributed by atoms with Crippen molar-refractivity contribution < 1.29 is 5.11 Å². The standard InChI is InChI=1S/C13H27NO/c1-3-13(15)8-5-9-14-12-7-4-6-11(2)10-12/h11-15H,3-10H2,1-2H3. The Morgan fingerprint density at radius 3 is 2.87 bits per heavy atom. The quantitative estimate of drug-likeness (QED) is 0.665. The van der Waals surface area contributed by atoms with Crippen LogP contribution in [0.3, 0.4) is 0 Å². The lowest BCUT2D eigenvalue weighted by Gasteiger charge is -2.27. The molecule has 0 heterocycles. The molecule has 1 rings (SSSR count). The molecule has 0 bridgehead atoms. The van der Waals surface area contributed by atoms with Crippen LogP contribution in [0.15, 0.2) is 0 Å². The molecule has 1 aliphatic carbocycles. The van der Waals surface area contributed by atoms with Gasteiger partial charge in [0.05, 0.1) is 6.10 Å². The fourth-order valence-electron chi connectivity index (χ4n) is 2.47. The number of hydrogen-bond acceptors (Lipinski definition) is 2. The molecule has 1 saturated carbocycles. The molecule has 0 aliphatic heterocycles. The Morgan fingerprint density at radius 1 is 1.40 bits per heavy atom. The normalized spacial score (nSPS) is 29.0. The molecule has 2 nitrogen and oxygen atoms in total. The van der Waals surface area contributed by atoms with E-state index in [1.807, 2.05) is 6.92 Å². The van der Waals surface area contributed by atoms with Gasteiger partial charge < -0.3 is 10.4 Å². The van der Waals surface area contributed by atoms with E-state index in [0.29, 0.717) is 0 Å². The summed E-state index contributed by atoms with van der Waals surface area (Å²) in [4.78, 5) is 0. The zero-order chi connectivity index (χ0) is 11.1. The summed E-state index contributed by atoms with van der Waals surface area (Å²) in [5.41, 5.74) is 0. The molecule has 2 N–H and O–H groups in total. The maximum absolute atomic E-state index is 9.41. The fraction of sp³-hybridized carbons (Fsp3) is 1.00. The van der Waals surface area contributed by atoms with E-state index in [9.17, 15) is 5.11 Å². The Balaban J connectivity index is 1.99. The minimum atomic E-state index is -0.0860. The summed E-state index contributed by atoms with van der Waals surface area (Å²) in [6, 6.07) is 0.743. The first-order valence-corrected chi connectivity index (χ1v) is 6.63. The lowest BCUT2D eigenvalue weighted by molar-refractivity contribution is 0.156. The monoisotopic (exact) mass is 213 g/mol. The smallest absolute Gasteiger partial charge is 0.0538 e. The van der Waals surface area contributed by atoms with E-state index < -0.39 is 0 Å². The van der Waals surface area contributed by atoms with E-state index in [4.69, 9.17) is 0 Å². The van der Waals surface area contributed by atoms with E-state index in [-0.39, 0.29) is 6.10 Å². The second kappa shape index (κ2) is 7.24. The maximum atomic E-state index is 9.41. The van der Waals surface area contributed by atoms with Gasteiger partial charge in [-0.3, -0.25) is 0 Å². The van der Waals surface area contributed by atoms with Crippen LogP contribution in [0.5, 0.6) is 0 Å². The van der Waals surface area contributed by atoms with Gasteiger partial charge in [0.2, 0.25) is 0 Å². The SMILES string of the molecule is CCC(O)CCCNC1CCCC(C)C1. The van der Waals surface area contributed by atoms with Crippen molar-refractivity contribution in [2.45, 2.75) is 70.9 Å². The second-order valence-corrected chi connectivity index (χ2v) is 5.13. The molecule has 0 spiro atoms. The van der Waals surface area contributed by atoms with Crippen LogP contribution in [0.4, 0.5) is 0 Å². The molecule has 0 radical (unpaired) electrons. The summed E-state index contributed by atoms with van der Waals surface area (Å²) in [6.07, 6.45) is 8.35. The van der Waals surface area contributed by atoms with Gasteiger partial charge in [0.15, 0.2) is 0 Å². The third kappa shape index (κ3) is 5.53. The Labute approximate surface area is 94.5 Å². The summed E-state index contributed by atoms with van der Waals surface area (Å²) >= 11 is 0. The molecule has 3 unspecified atom stereocenters. The summed E-state index contributed by atoms with van der Waals surface area (Å²) in [7, 11) is 0. The molecule has 1 fully saturated rings. The summed E-state index contributed by atoms with van der Waals surface area (Å²) in [5, 5.41) is 13.0. The average Bonchev–Trinajstić information content (AvgIpc) is 2.24. The van der Waals surface area contributed by atoms with Gasteiger partial charge in [-0.2, -0.15) is 0 Å². The molecule has 0 aromatic heterocycles. The second-order valence-electron chi connectivity index (χ2n) is 5.13. The van der Waals surface area contributed by atoms with Gasteiger partial charge in [-0.05, 0) is 44.6 Å². The lowest BCUT2D eigenvalue weighted by Crippen LogP contribution is -2.34. The van der Waals surface area contributed by atoms with Crippen LogP contribution in [0.2, 0.25) is 0 Å². The van der Waals surface area contributed by atoms with Crippen molar-refractivity contribution in [1.82, 2.24) is 5.32 Å². The van der Waals surface area contributed by atoms with Crippen LogP contribution in [0, 0.1) is 5.92 Å². The van der Waals surface area contributed by atoms with Crippen LogP contribution in [0.25, 0.3) is 0 Å². The molecular weight excluding hydrogens is 186 g/mol. The van der Waals surface area contributed by atoms with Gasteiger partial charge in [0.25, 0.3) is 0 Å². The number of aliphatic hydroxyl groups is 1. The van der Waals surface area contributed by atoms with E-state index >= 15 is 0 Å². The van der Waals surface area contributed by atoms with Gasteiger partial charge in [-0.15, -0.1) is 0 Å². The summed E-state index contributed by atoms with van der Waals surface area (Å²) < 4.78 is 0. The number of nitrogens with one attached hydrogen (secondary N) is 1.